The van der Waals surface area contributed by atoms with Gasteiger partial charge in [0.05, 0.1) is 13.3 Å². The van der Waals surface area contributed by atoms with Crippen molar-refractivity contribution in [3.8, 4) is 17.2 Å². The zero-order valence-electron chi connectivity index (χ0n) is 19.3. The Bertz CT molecular complexity index is 1360. The van der Waals surface area contributed by atoms with Crippen molar-refractivity contribution >= 4 is 22.8 Å². The monoisotopic (exact) mass is 461 g/mol. The van der Waals surface area contributed by atoms with Gasteiger partial charge in [0.15, 0.2) is 11.4 Å². The molecule has 2 N–H and O–H groups in total. The first-order valence-electron chi connectivity index (χ1n) is 11.2. The van der Waals surface area contributed by atoms with Gasteiger partial charge in [-0.2, -0.15) is 4.98 Å². The molecule has 5 rings (SSSR count). The fourth-order valence-electron chi connectivity index (χ4n) is 4.27. The summed E-state index contributed by atoms with van der Waals surface area (Å²) in [4.78, 5) is 30.4. The minimum absolute atomic E-state index is 0.0748. The lowest BCUT2D eigenvalue weighted by Crippen LogP contribution is -2.47. The van der Waals surface area contributed by atoms with Gasteiger partial charge in [-0.1, -0.05) is 0 Å². The van der Waals surface area contributed by atoms with Gasteiger partial charge in [0.2, 0.25) is 5.95 Å². The van der Waals surface area contributed by atoms with Gasteiger partial charge in [-0.3, -0.25) is 14.3 Å². The van der Waals surface area contributed by atoms with Crippen molar-refractivity contribution in [1.29, 1.82) is 0 Å². The summed E-state index contributed by atoms with van der Waals surface area (Å²) < 4.78 is 12.6. The fourth-order valence-corrected chi connectivity index (χ4v) is 4.27. The van der Waals surface area contributed by atoms with Crippen molar-refractivity contribution in [1.82, 2.24) is 24.4 Å². The van der Waals surface area contributed by atoms with Crippen LogP contribution in [0.25, 0.3) is 22.6 Å². The third kappa shape index (κ3) is 4.32. The van der Waals surface area contributed by atoms with Crippen LogP contribution in [-0.4, -0.2) is 64.3 Å². The van der Waals surface area contributed by atoms with E-state index in [1.807, 2.05) is 31.2 Å². The molecule has 0 aliphatic carbocycles. The molecule has 0 atom stereocenters. The molecule has 10 nitrogen and oxygen atoms in total. The van der Waals surface area contributed by atoms with Crippen molar-refractivity contribution in [2.24, 2.45) is 0 Å². The van der Waals surface area contributed by atoms with Crippen LogP contribution < -0.4 is 20.9 Å². The lowest BCUT2D eigenvalue weighted by atomic mass is 10.2. The number of piperazine rings is 1. The zero-order chi connectivity index (χ0) is 23.7. The van der Waals surface area contributed by atoms with E-state index in [0.717, 1.165) is 37.7 Å². The van der Waals surface area contributed by atoms with E-state index >= 15 is 0 Å². The van der Waals surface area contributed by atoms with E-state index in [1.54, 1.807) is 11.7 Å². The SMILES string of the molecule is COc1ccc(N2CCN(CCn3c(=O)cnc4c(-c5ccc(C)o5)nc(N)nc43)CC2)cc1. The summed E-state index contributed by atoms with van der Waals surface area (Å²) in [5.74, 6) is 2.23. The number of nitrogens with two attached hydrogens (primary N) is 1. The predicted octanol–water partition coefficient (Wildman–Crippen LogP) is 2.17. The molecule has 10 heteroatoms. The van der Waals surface area contributed by atoms with Gasteiger partial charge in [-0.05, 0) is 43.3 Å². The summed E-state index contributed by atoms with van der Waals surface area (Å²) >= 11 is 0. The van der Waals surface area contributed by atoms with Crippen LogP contribution in [0.2, 0.25) is 0 Å². The molecule has 0 saturated carbocycles. The van der Waals surface area contributed by atoms with Crippen LogP contribution in [0.3, 0.4) is 0 Å². The standard InChI is InChI=1S/C24H27N7O3/c1-16-3-8-19(34-16)21-22-23(28-24(25)27-21)31(20(32)15-26-22)14-11-29-9-12-30(13-10-29)17-4-6-18(33-2)7-5-17/h3-8,15H,9-14H2,1-2H3,(H2,25,27,28). The van der Waals surface area contributed by atoms with Gasteiger partial charge >= 0.3 is 0 Å². The van der Waals surface area contributed by atoms with Crippen LogP contribution in [0.15, 0.2) is 51.8 Å². The lowest BCUT2D eigenvalue weighted by molar-refractivity contribution is 0.248. The summed E-state index contributed by atoms with van der Waals surface area (Å²) in [7, 11) is 1.67. The van der Waals surface area contributed by atoms with E-state index in [4.69, 9.17) is 14.9 Å². The van der Waals surface area contributed by atoms with Gasteiger partial charge in [-0.15, -0.1) is 0 Å². The number of rotatable bonds is 6. The van der Waals surface area contributed by atoms with Crippen LogP contribution in [0.5, 0.6) is 5.75 Å². The topological polar surface area (TPSA) is 116 Å². The van der Waals surface area contributed by atoms with E-state index in [2.05, 4.69) is 36.9 Å². The Balaban J connectivity index is 1.32. The normalized spacial score (nSPS) is 14.6. The molecule has 3 aromatic heterocycles. The fraction of sp³-hybridized carbons (Fsp3) is 0.333. The van der Waals surface area contributed by atoms with E-state index in [1.165, 1.54) is 11.9 Å². The zero-order valence-corrected chi connectivity index (χ0v) is 19.3. The van der Waals surface area contributed by atoms with Gasteiger partial charge in [0.25, 0.3) is 5.56 Å². The summed E-state index contributed by atoms with van der Waals surface area (Å²) in [6, 6.07) is 11.8. The van der Waals surface area contributed by atoms with E-state index < -0.39 is 0 Å². The number of methoxy groups -OCH3 is 1. The molecule has 34 heavy (non-hydrogen) atoms. The number of nitrogen functional groups attached to an aromatic ring is 1. The Labute approximate surface area is 196 Å². The molecule has 1 fully saturated rings. The highest BCUT2D eigenvalue weighted by atomic mass is 16.5. The van der Waals surface area contributed by atoms with E-state index in [9.17, 15) is 4.79 Å². The Morgan fingerprint density at radius 2 is 1.79 bits per heavy atom. The van der Waals surface area contributed by atoms with Crippen LogP contribution in [0, 0.1) is 6.92 Å². The second-order valence-corrected chi connectivity index (χ2v) is 8.29. The average molecular weight is 462 g/mol. The molecule has 1 aliphatic heterocycles. The summed E-state index contributed by atoms with van der Waals surface area (Å²) in [6.07, 6.45) is 1.31. The lowest BCUT2D eigenvalue weighted by Gasteiger charge is -2.36. The summed E-state index contributed by atoms with van der Waals surface area (Å²) in [5.41, 5.74) is 8.35. The average Bonchev–Trinajstić information content (AvgIpc) is 3.29. The van der Waals surface area contributed by atoms with Crippen molar-refractivity contribution in [3.05, 3.63) is 58.7 Å². The molecule has 0 unspecified atom stereocenters. The van der Waals surface area contributed by atoms with Crippen LogP contribution in [0.4, 0.5) is 11.6 Å². The summed E-state index contributed by atoms with van der Waals surface area (Å²) in [5, 5.41) is 0. The molecule has 4 aromatic rings. The number of hydrogen-bond acceptors (Lipinski definition) is 9. The minimum Gasteiger partial charge on any atom is -0.497 e. The Kier molecular flexibility index (Phi) is 5.89. The van der Waals surface area contributed by atoms with Crippen LogP contribution in [-0.2, 0) is 6.54 Å². The third-order valence-corrected chi connectivity index (χ3v) is 6.13. The van der Waals surface area contributed by atoms with Crippen molar-refractivity contribution in [2.75, 3.05) is 50.5 Å². The highest BCUT2D eigenvalue weighted by Gasteiger charge is 2.20. The Hall–Kier alpha value is -3.92. The maximum atomic E-state index is 12.7. The molecule has 176 valence electrons. The molecule has 0 spiro atoms. The third-order valence-electron chi connectivity index (χ3n) is 6.13. The first kappa shape index (κ1) is 21.9. The number of nitrogens with zero attached hydrogens (tertiary/aromatic N) is 6. The first-order valence-corrected chi connectivity index (χ1v) is 11.2. The number of benzene rings is 1. The highest BCUT2D eigenvalue weighted by molar-refractivity contribution is 5.86. The van der Waals surface area contributed by atoms with Gasteiger partial charge in [0.1, 0.15) is 22.7 Å². The maximum Gasteiger partial charge on any atom is 0.270 e. The second kappa shape index (κ2) is 9.14. The molecule has 1 aromatic carbocycles. The van der Waals surface area contributed by atoms with E-state index in [0.29, 0.717) is 35.7 Å². The molecule has 4 heterocycles. The number of hydrogen-bond donors (Lipinski definition) is 1. The molecular formula is C24H27N7O3. The van der Waals surface area contributed by atoms with Crippen molar-refractivity contribution in [3.63, 3.8) is 0 Å². The molecule has 0 bridgehead atoms. The van der Waals surface area contributed by atoms with Gasteiger partial charge in [-0.25, -0.2) is 9.97 Å². The first-order chi connectivity index (χ1) is 16.5. The Morgan fingerprint density at radius 1 is 1.03 bits per heavy atom. The molecule has 0 amide bonds. The minimum atomic E-state index is -0.218. The van der Waals surface area contributed by atoms with Crippen LogP contribution in [0.1, 0.15) is 5.76 Å². The molecule has 0 radical (unpaired) electrons. The second-order valence-electron chi connectivity index (χ2n) is 8.29. The van der Waals surface area contributed by atoms with E-state index in [-0.39, 0.29) is 11.5 Å². The number of aryl methyl sites for hydroxylation is 1. The van der Waals surface area contributed by atoms with Gasteiger partial charge < -0.3 is 19.8 Å². The van der Waals surface area contributed by atoms with Crippen molar-refractivity contribution in [2.45, 2.75) is 13.5 Å². The molecule has 1 aliphatic rings. The number of fused-ring (bicyclic) bond motifs is 1. The predicted molar refractivity (Wildman–Crippen MR) is 130 cm³/mol. The highest BCUT2D eigenvalue weighted by Crippen LogP contribution is 2.26. The van der Waals surface area contributed by atoms with Crippen LogP contribution >= 0.6 is 0 Å². The largest absolute Gasteiger partial charge is 0.497 e. The summed E-state index contributed by atoms with van der Waals surface area (Å²) in [6.45, 7) is 6.68. The smallest absolute Gasteiger partial charge is 0.270 e. The maximum absolute atomic E-state index is 12.7. The Morgan fingerprint density at radius 3 is 2.47 bits per heavy atom. The van der Waals surface area contributed by atoms with Crippen molar-refractivity contribution < 1.29 is 9.15 Å². The number of furan rings is 1. The van der Waals surface area contributed by atoms with Gasteiger partial charge in [0, 0.05) is 45.0 Å². The molecule has 1 saturated heterocycles. The number of ether oxygens (including phenoxy) is 1. The number of aromatic nitrogens is 4. The molecular weight excluding hydrogens is 434 g/mol. The number of anilines is 2. The quantitative estimate of drug-likeness (QED) is 0.461.